The van der Waals surface area contributed by atoms with Gasteiger partial charge >= 0.3 is 29.6 Å². The van der Waals surface area contributed by atoms with Gasteiger partial charge in [-0.15, -0.1) is 25.3 Å². The van der Waals surface area contributed by atoms with Crippen LogP contribution in [0.1, 0.15) is 0 Å². The molecule has 0 aromatic rings. The van der Waals surface area contributed by atoms with E-state index in [0.717, 1.165) is 0 Å². The quantitative estimate of drug-likeness (QED) is 0.223. The normalized spacial score (nSPS) is 7.00. The van der Waals surface area contributed by atoms with Gasteiger partial charge in [0.25, 0.3) is 0 Å². The summed E-state index contributed by atoms with van der Waals surface area (Å²) in [5, 5.41) is 0. The molecule has 20 heavy (non-hydrogen) atoms. The van der Waals surface area contributed by atoms with Crippen LogP contribution in [0.4, 0.5) is 0 Å². The molecule has 0 aromatic carbocycles. The summed E-state index contributed by atoms with van der Waals surface area (Å²) in [5.41, 5.74) is 0. The molecule has 0 aromatic heterocycles. The summed E-state index contributed by atoms with van der Waals surface area (Å²) >= 11 is 26.0. The van der Waals surface area contributed by atoms with Crippen molar-refractivity contribution < 1.29 is 29.6 Å². The van der Waals surface area contributed by atoms with Gasteiger partial charge in [0.15, 0.2) is 0 Å². The van der Waals surface area contributed by atoms with Gasteiger partial charge in [-0.25, -0.2) is 0 Å². The van der Waals surface area contributed by atoms with Crippen LogP contribution in [0.25, 0.3) is 0 Å². The molecule has 0 amide bonds. The van der Waals surface area contributed by atoms with Crippen molar-refractivity contribution in [2.45, 2.75) is 0 Å². The topological polar surface area (TPSA) is 9.72 Å². The number of thiol groups is 2. The Hall–Kier alpha value is 1.94. The fourth-order valence-electron chi connectivity index (χ4n) is 0. The summed E-state index contributed by atoms with van der Waals surface area (Å²) in [5.74, 6) is 0. The molecule has 0 fully saturated rings. The smallest absolute Gasteiger partial charge is 0.411 e. The van der Waals surface area contributed by atoms with Crippen LogP contribution >= 0.6 is 75.4 Å². The minimum Gasteiger partial charge on any atom is -0.411 e. The van der Waals surface area contributed by atoms with E-state index in [2.05, 4.69) is 74.5 Å². The van der Waals surface area contributed by atoms with Crippen molar-refractivity contribution in [3.8, 4) is 0 Å². The van der Waals surface area contributed by atoms with Crippen LogP contribution in [0.15, 0.2) is 0 Å². The van der Waals surface area contributed by atoms with Gasteiger partial charge in [-0.3, -0.25) is 0 Å². The number of rotatable bonds is 0. The Kier molecular flexibility index (Phi) is 35.1. The fraction of sp³-hybridized carbons (Fsp3) is 0.667. The molecule has 0 aliphatic rings. The third-order valence-electron chi connectivity index (χ3n) is 1.13. The van der Waals surface area contributed by atoms with Crippen LogP contribution in [-0.2, 0) is 12.6 Å². The molecular formula is C9H22N3NaS7. The number of thiocarbonyl (C=S) groups is 3. The second-order valence-electron chi connectivity index (χ2n) is 3.51. The van der Waals surface area contributed by atoms with Crippen LogP contribution < -0.4 is 29.6 Å². The Morgan fingerprint density at radius 1 is 0.750 bits per heavy atom. The first-order valence-corrected chi connectivity index (χ1v) is 7.15. The molecule has 116 valence electrons. The van der Waals surface area contributed by atoms with Gasteiger partial charge in [0.1, 0.15) is 8.64 Å². The number of hydrogen-bond acceptors (Lipinski definition) is 4. The van der Waals surface area contributed by atoms with Crippen LogP contribution in [0.2, 0.25) is 0 Å². The molecule has 0 bridgehead atoms. The third-order valence-corrected chi connectivity index (χ3v) is 3.39. The van der Waals surface area contributed by atoms with Gasteiger partial charge in [0.05, 0.1) is 0 Å². The SMILES string of the molecule is CN(C)C(=S)S.CN(C)C(=S)S.CN(C)C(=S)[S-].S.[Na+]. The Labute approximate surface area is 185 Å². The van der Waals surface area contributed by atoms with E-state index >= 15 is 0 Å². The molecule has 0 rings (SSSR count). The van der Waals surface area contributed by atoms with E-state index in [1.807, 2.05) is 42.3 Å². The molecule has 0 spiro atoms. The Bertz CT molecular complexity index is 229. The van der Waals surface area contributed by atoms with E-state index in [1.165, 1.54) is 0 Å². The van der Waals surface area contributed by atoms with Crippen molar-refractivity contribution in [1.29, 1.82) is 0 Å². The summed E-state index contributed by atoms with van der Waals surface area (Å²) < 4.78 is 1.75. The van der Waals surface area contributed by atoms with Gasteiger partial charge in [-0.1, -0.05) is 28.8 Å². The van der Waals surface area contributed by atoms with E-state index in [9.17, 15) is 0 Å². The van der Waals surface area contributed by atoms with Crippen LogP contribution in [-0.4, -0.2) is 69.9 Å². The van der Waals surface area contributed by atoms with E-state index in [1.54, 1.807) is 14.7 Å². The molecule has 0 atom stereocenters. The van der Waals surface area contributed by atoms with E-state index in [-0.39, 0.29) is 43.1 Å². The molecular weight excluding hydrogens is 398 g/mol. The van der Waals surface area contributed by atoms with Crippen molar-refractivity contribution >= 4 is 101 Å². The average molecular weight is 420 g/mol. The Morgan fingerprint density at radius 3 is 0.850 bits per heavy atom. The maximum absolute atomic E-state index is 4.61. The molecule has 0 radical (unpaired) electrons. The molecule has 3 nitrogen and oxygen atoms in total. The molecule has 0 N–H and O–H groups in total. The van der Waals surface area contributed by atoms with Gasteiger partial charge in [0.2, 0.25) is 0 Å². The van der Waals surface area contributed by atoms with Gasteiger partial charge < -0.3 is 39.5 Å². The third kappa shape index (κ3) is 36.8. The van der Waals surface area contributed by atoms with E-state index in [4.69, 9.17) is 0 Å². The molecule has 11 heteroatoms. The first-order valence-electron chi connectivity index (χ1n) is 4.62. The summed E-state index contributed by atoms with van der Waals surface area (Å²) in [7, 11) is 11.1. The molecule has 0 saturated heterocycles. The van der Waals surface area contributed by atoms with Crippen molar-refractivity contribution in [2.24, 2.45) is 0 Å². The molecule has 0 saturated carbocycles. The molecule has 0 aliphatic carbocycles. The van der Waals surface area contributed by atoms with Gasteiger partial charge in [-0.2, -0.15) is 13.5 Å². The van der Waals surface area contributed by atoms with E-state index in [0.29, 0.717) is 13.0 Å². The maximum atomic E-state index is 4.61. The predicted molar refractivity (Wildman–Crippen MR) is 115 cm³/mol. The van der Waals surface area contributed by atoms with Crippen molar-refractivity contribution in [3.63, 3.8) is 0 Å². The zero-order valence-corrected chi connectivity index (χ0v) is 20.9. The second-order valence-corrected chi connectivity index (χ2v) is 6.77. The molecule has 0 unspecified atom stereocenters. The Balaban J connectivity index is -0.0000000536. The monoisotopic (exact) mass is 419 g/mol. The van der Waals surface area contributed by atoms with Crippen molar-refractivity contribution in [3.05, 3.63) is 0 Å². The van der Waals surface area contributed by atoms with Crippen LogP contribution in [0, 0.1) is 0 Å². The Morgan fingerprint density at radius 2 is 0.850 bits per heavy atom. The minimum absolute atomic E-state index is 0. The summed E-state index contributed by atoms with van der Waals surface area (Å²) in [6, 6.07) is 0. The standard InChI is InChI=1S/3C3H7NS2.Na.H2S/c3*1-4(2)3(5)6;;/h3*1-2H3,(H,5,6);;1H2/q;;;+1;/p-1. The first-order chi connectivity index (χ1) is 7.93. The van der Waals surface area contributed by atoms with E-state index < -0.39 is 0 Å². The maximum Gasteiger partial charge on any atom is 1.00 e. The number of nitrogens with zero attached hydrogens (tertiary/aromatic N) is 3. The van der Waals surface area contributed by atoms with Crippen molar-refractivity contribution in [1.82, 2.24) is 14.7 Å². The summed E-state index contributed by atoms with van der Waals surface area (Å²) in [6.07, 6.45) is 0. The fourth-order valence-corrected chi connectivity index (χ4v) is 0. The summed E-state index contributed by atoms with van der Waals surface area (Å²) in [4.78, 5) is 5.24. The zero-order valence-electron chi connectivity index (χ0n) is 12.9. The number of hydrogen-bond donors (Lipinski definition) is 2. The zero-order chi connectivity index (χ0) is 15.5. The predicted octanol–water partition coefficient (Wildman–Crippen LogP) is -0.978. The van der Waals surface area contributed by atoms with Gasteiger partial charge in [-0.05, 0) is 0 Å². The first kappa shape index (κ1) is 33.5. The second kappa shape index (κ2) is 20.9. The van der Waals surface area contributed by atoms with Crippen LogP contribution in [0.5, 0.6) is 0 Å². The summed E-state index contributed by atoms with van der Waals surface area (Å²) in [6.45, 7) is 0. The largest absolute Gasteiger partial charge is 1.00 e. The molecule has 0 aliphatic heterocycles. The average Bonchev–Trinajstić information content (AvgIpc) is 2.18. The molecule has 0 heterocycles. The van der Waals surface area contributed by atoms with Crippen molar-refractivity contribution in [2.75, 3.05) is 42.3 Å². The minimum atomic E-state index is 0. The van der Waals surface area contributed by atoms with Gasteiger partial charge in [0, 0.05) is 42.3 Å². The van der Waals surface area contributed by atoms with Crippen LogP contribution in [0.3, 0.4) is 0 Å².